The van der Waals surface area contributed by atoms with Gasteiger partial charge < -0.3 is 10.8 Å². The van der Waals surface area contributed by atoms with Gasteiger partial charge in [0.2, 0.25) is 6.29 Å². The maximum atomic E-state index is 12.6. The molecular formula is C8H7FNO2. The molecule has 0 bridgehead atoms. The molecular weight excluding hydrogens is 161 g/mol. The monoisotopic (exact) mass is 168 g/mol. The second-order valence-corrected chi connectivity index (χ2v) is 2.31. The van der Waals surface area contributed by atoms with E-state index < -0.39 is 17.6 Å². The minimum atomic E-state index is -0.958. The fraction of sp³-hybridized carbons (Fsp3) is 0.125. The lowest BCUT2D eigenvalue weighted by Crippen LogP contribution is -2.11. The fourth-order valence-corrected chi connectivity index (χ4v) is 0.785. The van der Waals surface area contributed by atoms with Gasteiger partial charge in [-0.1, -0.05) is 6.07 Å². The van der Waals surface area contributed by atoms with Crippen molar-refractivity contribution >= 4 is 6.29 Å². The smallest absolute Gasteiger partial charge is 0.221 e. The van der Waals surface area contributed by atoms with Crippen LogP contribution >= 0.6 is 0 Å². The Hall–Kier alpha value is -1.42. The van der Waals surface area contributed by atoms with Crippen molar-refractivity contribution in [2.24, 2.45) is 5.73 Å². The highest BCUT2D eigenvalue weighted by Gasteiger charge is 2.07. The van der Waals surface area contributed by atoms with Crippen molar-refractivity contribution in [2.75, 3.05) is 0 Å². The van der Waals surface area contributed by atoms with Crippen molar-refractivity contribution in [3.63, 3.8) is 0 Å². The summed E-state index contributed by atoms with van der Waals surface area (Å²) in [5.41, 5.74) is 5.53. The van der Waals surface area contributed by atoms with Gasteiger partial charge in [0.25, 0.3) is 0 Å². The topological polar surface area (TPSA) is 63.3 Å². The first kappa shape index (κ1) is 8.67. The van der Waals surface area contributed by atoms with Crippen LogP contribution < -0.4 is 5.73 Å². The van der Waals surface area contributed by atoms with Gasteiger partial charge >= 0.3 is 0 Å². The van der Waals surface area contributed by atoms with E-state index in [4.69, 9.17) is 10.8 Å². The van der Waals surface area contributed by atoms with E-state index in [0.29, 0.717) is 5.56 Å². The number of benzene rings is 1. The molecule has 1 aromatic carbocycles. The molecule has 1 radical (unpaired) electrons. The highest BCUT2D eigenvalue weighted by atomic mass is 19.1. The van der Waals surface area contributed by atoms with Crippen LogP contribution in [0.15, 0.2) is 18.2 Å². The predicted octanol–water partition coefficient (Wildman–Crippen LogP) is 0.641. The van der Waals surface area contributed by atoms with Crippen molar-refractivity contribution in [2.45, 2.75) is 6.04 Å². The third-order valence-electron chi connectivity index (χ3n) is 1.46. The maximum absolute atomic E-state index is 12.6. The molecule has 0 fully saturated rings. The van der Waals surface area contributed by atoms with Gasteiger partial charge in [-0.2, -0.15) is 0 Å². The standard InChI is InChI=1S/C8H7FNO2/c9-6-3-5(7(10)4-11)1-2-8(6)12/h1-3,7,12H,10H2. The van der Waals surface area contributed by atoms with Crippen LogP contribution in [0.5, 0.6) is 5.75 Å². The third-order valence-corrected chi connectivity index (χ3v) is 1.46. The Labute approximate surface area is 68.6 Å². The first-order chi connectivity index (χ1) is 5.65. The first-order valence-corrected chi connectivity index (χ1v) is 3.27. The molecule has 0 aromatic heterocycles. The molecule has 1 unspecified atom stereocenters. The fourth-order valence-electron chi connectivity index (χ4n) is 0.785. The lowest BCUT2D eigenvalue weighted by Gasteiger charge is -2.03. The van der Waals surface area contributed by atoms with Crippen LogP contribution in [0.1, 0.15) is 11.6 Å². The zero-order valence-electron chi connectivity index (χ0n) is 6.12. The first-order valence-electron chi connectivity index (χ1n) is 3.27. The second kappa shape index (κ2) is 3.32. The molecule has 0 aliphatic carbocycles. The molecule has 1 aromatic rings. The molecule has 12 heavy (non-hydrogen) atoms. The average molecular weight is 168 g/mol. The molecule has 3 nitrogen and oxygen atoms in total. The summed E-state index contributed by atoms with van der Waals surface area (Å²) in [7, 11) is 0. The van der Waals surface area contributed by atoms with Gasteiger partial charge in [0.1, 0.15) is 0 Å². The highest BCUT2D eigenvalue weighted by molar-refractivity contribution is 5.61. The van der Waals surface area contributed by atoms with Crippen LogP contribution in [0.3, 0.4) is 0 Å². The van der Waals surface area contributed by atoms with Crippen LogP contribution in [0.4, 0.5) is 4.39 Å². The van der Waals surface area contributed by atoms with Crippen molar-refractivity contribution in [1.29, 1.82) is 0 Å². The van der Waals surface area contributed by atoms with Gasteiger partial charge in [-0.15, -0.1) is 0 Å². The second-order valence-electron chi connectivity index (χ2n) is 2.31. The summed E-state index contributed by atoms with van der Waals surface area (Å²) in [5.74, 6) is -1.25. The molecule has 0 saturated carbocycles. The van der Waals surface area contributed by atoms with E-state index in [-0.39, 0.29) is 0 Å². The molecule has 1 rings (SSSR count). The van der Waals surface area contributed by atoms with Crippen molar-refractivity contribution < 1.29 is 14.3 Å². The van der Waals surface area contributed by atoms with Crippen LogP contribution in [0.25, 0.3) is 0 Å². The number of carbonyl (C=O) groups excluding carboxylic acids is 1. The number of phenols is 1. The molecule has 63 valence electrons. The Kier molecular flexibility index (Phi) is 2.40. The summed E-state index contributed by atoms with van der Waals surface area (Å²) in [5, 5.41) is 8.78. The molecule has 0 aliphatic rings. The van der Waals surface area contributed by atoms with Gasteiger partial charge in [0.15, 0.2) is 11.6 Å². The number of hydrogen-bond acceptors (Lipinski definition) is 3. The molecule has 1 atom stereocenters. The number of hydrogen-bond donors (Lipinski definition) is 2. The van der Waals surface area contributed by atoms with Gasteiger partial charge in [-0.05, 0) is 17.7 Å². The zero-order valence-corrected chi connectivity index (χ0v) is 6.12. The quantitative estimate of drug-likeness (QED) is 0.681. The number of rotatable bonds is 2. The van der Waals surface area contributed by atoms with Gasteiger partial charge in [-0.25, -0.2) is 4.39 Å². The number of aromatic hydroxyl groups is 1. The van der Waals surface area contributed by atoms with E-state index in [1.165, 1.54) is 12.4 Å². The Balaban J connectivity index is 3.04. The van der Waals surface area contributed by atoms with Gasteiger partial charge in [0.05, 0.1) is 6.04 Å². The minimum Gasteiger partial charge on any atom is -0.505 e. The third kappa shape index (κ3) is 1.60. The van der Waals surface area contributed by atoms with E-state index in [2.05, 4.69) is 0 Å². The number of nitrogens with two attached hydrogens (primary N) is 1. The summed E-state index contributed by atoms with van der Waals surface area (Å²) in [6.07, 6.45) is 1.51. The highest BCUT2D eigenvalue weighted by Crippen LogP contribution is 2.18. The Morgan fingerprint density at radius 3 is 2.75 bits per heavy atom. The largest absolute Gasteiger partial charge is 0.505 e. The summed E-state index contributed by atoms with van der Waals surface area (Å²) in [6.45, 7) is 0. The molecule has 4 heteroatoms. The maximum Gasteiger partial charge on any atom is 0.221 e. The normalized spacial score (nSPS) is 12.5. The van der Waals surface area contributed by atoms with Crippen LogP contribution in [0, 0.1) is 5.82 Å². The van der Waals surface area contributed by atoms with Crippen molar-refractivity contribution in [1.82, 2.24) is 0 Å². The Morgan fingerprint density at radius 2 is 2.25 bits per heavy atom. The predicted molar refractivity (Wildman–Crippen MR) is 40.7 cm³/mol. The van der Waals surface area contributed by atoms with E-state index in [1.807, 2.05) is 0 Å². The average Bonchev–Trinajstić information content (AvgIpc) is 2.08. The SMILES string of the molecule is NC([C]=O)c1ccc(O)c(F)c1. The Bertz CT molecular complexity index is 301. The molecule has 0 amide bonds. The molecule has 0 spiro atoms. The lowest BCUT2D eigenvalue weighted by molar-refractivity contribution is 0.431. The van der Waals surface area contributed by atoms with Crippen LogP contribution in [0.2, 0.25) is 0 Å². The minimum absolute atomic E-state index is 0.292. The van der Waals surface area contributed by atoms with E-state index in [1.54, 1.807) is 0 Å². The van der Waals surface area contributed by atoms with Crippen molar-refractivity contribution in [3.8, 4) is 5.75 Å². The van der Waals surface area contributed by atoms with Gasteiger partial charge in [-0.3, -0.25) is 4.79 Å². The lowest BCUT2D eigenvalue weighted by atomic mass is 10.1. The van der Waals surface area contributed by atoms with E-state index in [0.717, 1.165) is 12.1 Å². The zero-order chi connectivity index (χ0) is 9.14. The molecule has 3 N–H and O–H groups in total. The number of halogens is 1. The summed E-state index contributed by atoms with van der Waals surface area (Å²) >= 11 is 0. The molecule has 0 aliphatic heterocycles. The van der Waals surface area contributed by atoms with Gasteiger partial charge in [0, 0.05) is 0 Å². The molecule has 0 saturated heterocycles. The van der Waals surface area contributed by atoms with Crippen LogP contribution in [-0.4, -0.2) is 11.4 Å². The number of phenolic OH excluding ortho intramolecular Hbond substituents is 1. The van der Waals surface area contributed by atoms with E-state index in [9.17, 15) is 9.18 Å². The Morgan fingerprint density at radius 1 is 1.58 bits per heavy atom. The summed E-state index contributed by atoms with van der Waals surface area (Å²) in [6, 6.07) is 2.56. The van der Waals surface area contributed by atoms with E-state index >= 15 is 0 Å². The van der Waals surface area contributed by atoms with Crippen molar-refractivity contribution in [3.05, 3.63) is 29.6 Å². The summed E-state index contributed by atoms with van der Waals surface area (Å²) < 4.78 is 12.6. The summed E-state index contributed by atoms with van der Waals surface area (Å²) in [4.78, 5) is 10.1. The molecule has 0 heterocycles. The van der Waals surface area contributed by atoms with Crippen LogP contribution in [-0.2, 0) is 4.79 Å².